The normalized spacial score (nSPS) is 13.2. The van der Waals surface area contributed by atoms with Crippen molar-refractivity contribution in [3.8, 4) is 0 Å². The third-order valence-corrected chi connectivity index (χ3v) is 5.66. The van der Waals surface area contributed by atoms with Gasteiger partial charge in [0.1, 0.15) is 6.04 Å². The van der Waals surface area contributed by atoms with E-state index < -0.39 is 35.4 Å². The lowest BCUT2D eigenvalue weighted by Gasteiger charge is -2.21. The minimum absolute atomic E-state index is 0.0185. The Morgan fingerprint density at radius 3 is 2.52 bits per heavy atom. The lowest BCUT2D eigenvalue weighted by atomic mass is 10.0. The molecule has 1 aliphatic rings. The predicted octanol–water partition coefficient (Wildman–Crippen LogP) is 3.67. The number of aryl methyl sites for hydroxylation is 2. The molecule has 1 aliphatic carbocycles. The smallest absolute Gasteiger partial charge is 0.329 e. The van der Waals surface area contributed by atoms with Crippen molar-refractivity contribution in [3.05, 3.63) is 68.2 Å². The molecule has 174 valence electrons. The van der Waals surface area contributed by atoms with E-state index in [0.717, 1.165) is 31.4 Å². The van der Waals surface area contributed by atoms with Crippen molar-refractivity contribution in [1.82, 2.24) is 5.32 Å². The molecule has 0 bridgehead atoms. The molecule has 0 radical (unpaired) electrons. The second-order valence-corrected chi connectivity index (χ2v) is 8.52. The molecular formula is C23H24ClN3O6. The van der Waals surface area contributed by atoms with Gasteiger partial charge in [0.05, 0.1) is 15.5 Å². The van der Waals surface area contributed by atoms with Gasteiger partial charge in [-0.15, -0.1) is 0 Å². The fourth-order valence-electron chi connectivity index (χ4n) is 3.59. The number of nitro groups is 1. The molecular weight excluding hydrogens is 450 g/mol. The highest BCUT2D eigenvalue weighted by atomic mass is 35.5. The Kier molecular flexibility index (Phi) is 7.65. The summed E-state index contributed by atoms with van der Waals surface area (Å²) in [6.07, 6.45) is 3.11. The fraction of sp³-hybridized carbons (Fsp3) is 0.348. The van der Waals surface area contributed by atoms with Gasteiger partial charge in [0.25, 0.3) is 17.5 Å². The van der Waals surface area contributed by atoms with Gasteiger partial charge in [-0.25, -0.2) is 4.79 Å². The summed E-state index contributed by atoms with van der Waals surface area (Å²) < 4.78 is 5.12. The first-order chi connectivity index (χ1) is 15.7. The molecule has 10 heteroatoms. The first-order valence-corrected chi connectivity index (χ1v) is 10.9. The Morgan fingerprint density at radius 1 is 1.12 bits per heavy atom. The van der Waals surface area contributed by atoms with Crippen LogP contribution < -0.4 is 10.6 Å². The third-order valence-electron chi connectivity index (χ3n) is 5.34. The van der Waals surface area contributed by atoms with Crippen LogP contribution in [0.1, 0.15) is 41.8 Å². The number of carbonyl (C=O) groups excluding carboxylic acids is 3. The zero-order chi connectivity index (χ0) is 24.1. The summed E-state index contributed by atoms with van der Waals surface area (Å²) in [7, 11) is 0. The maximum absolute atomic E-state index is 12.6. The van der Waals surface area contributed by atoms with E-state index in [9.17, 15) is 24.5 Å². The number of rotatable bonds is 8. The summed E-state index contributed by atoms with van der Waals surface area (Å²) in [5.74, 6) is -2.31. The highest BCUT2D eigenvalue weighted by molar-refractivity contribution is 6.34. The van der Waals surface area contributed by atoms with E-state index in [-0.39, 0.29) is 22.2 Å². The molecule has 0 fully saturated rings. The van der Waals surface area contributed by atoms with Crippen LogP contribution in [0, 0.1) is 16.0 Å². The molecule has 3 rings (SSSR count). The summed E-state index contributed by atoms with van der Waals surface area (Å²) in [5, 5.41) is 15.9. The number of amides is 2. The van der Waals surface area contributed by atoms with Crippen LogP contribution in [0.2, 0.25) is 5.02 Å². The molecule has 0 saturated carbocycles. The Balaban J connectivity index is 1.58. The van der Waals surface area contributed by atoms with Crippen LogP contribution in [0.4, 0.5) is 11.4 Å². The third kappa shape index (κ3) is 6.07. The van der Waals surface area contributed by atoms with Crippen LogP contribution in [0.5, 0.6) is 0 Å². The molecule has 2 aromatic carbocycles. The van der Waals surface area contributed by atoms with E-state index in [0.29, 0.717) is 5.69 Å². The molecule has 0 heterocycles. The topological polar surface area (TPSA) is 128 Å². The Hall–Kier alpha value is -3.46. The lowest BCUT2D eigenvalue weighted by Crippen LogP contribution is -2.46. The number of carbonyl (C=O) groups is 3. The number of nitro benzene ring substituents is 1. The van der Waals surface area contributed by atoms with E-state index in [1.54, 1.807) is 13.8 Å². The Labute approximate surface area is 195 Å². The van der Waals surface area contributed by atoms with Gasteiger partial charge in [-0.2, -0.15) is 0 Å². The predicted molar refractivity (Wildman–Crippen MR) is 122 cm³/mol. The van der Waals surface area contributed by atoms with E-state index >= 15 is 0 Å². The second kappa shape index (κ2) is 10.4. The van der Waals surface area contributed by atoms with E-state index in [1.807, 2.05) is 18.2 Å². The monoisotopic (exact) mass is 473 g/mol. The molecule has 2 amide bonds. The molecule has 1 unspecified atom stereocenters. The number of nitrogens with one attached hydrogen (secondary N) is 2. The number of benzene rings is 2. The molecule has 33 heavy (non-hydrogen) atoms. The standard InChI is InChI=1S/C23H24ClN3O6/c1-13(2)21(26-22(29)18-9-8-17(27(31)32)11-19(18)24)23(30)33-12-20(28)25-16-7-6-14-4-3-5-15(14)10-16/h6-11,13,21H,3-5,12H2,1-2H3,(H,25,28)(H,26,29). The van der Waals surface area contributed by atoms with Crippen molar-refractivity contribution in [1.29, 1.82) is 0 Å². The number of halogens is 1. The average molecular weight is 474 g/mol. The van der Waals surface area contributed by atoms with Crippen molar-refractivity contribution >= 4 is 40.8 Å². The number of anilines is 1. The highest BCUT2D eigenvalue weighted by Crippen LogP contribution is 2.25. The number of non-ortho nitro benzene ring substituents is 1. The second-order valence-electron chi connectivity index (χ2n) is 8.11. The van der Waals surface area contributed by atoms with Crippen LogP contribution in [-0.4, -0.2) is 35.4 Å². The molecule has 0 spiro atoms. The number of fused-ring (bicyclic) bond motifs is 1. The largest absolute Gasteiger partial charge is 0.454 e. The van der Waals surface area contributed by atoms with Crippen molar-refractivity contribution in [2.24, 2.45) is 5.92 Å². The highest BCUT2D eigenvalue weighted by Gasteiger charge is 2.28. The number of nitrogens with zero attached hydrogens (tertiary/aromatic N) is 1. The number of ether oxygens (including phenoxy) is 1. The van der Waals surface area contributed by atoms with Crippen LogP contribution in [0.25, 0.3) is 0 Å². The van der Waals surface area contributed by atoms with Gasteiger partial charge in [0.15, 0.2) is 6.61 Å². The average Bonchev–Trinajstić information content (AvgIpc) is 3.23. The number of hydrogen-bond acceptors (Lipinski definition) is 6. The van der Waals surface area contributed by atoms with Crippen molar-refractivity contribution in [2.75, 3.05) is 11.9 Å². The summed E-state index contributed by atoms with van der Waals surface area (Å²) in [4.78, 5) is 47.6. The quantitative estimate of drug-likeness (QED) is 0.342. The van der Waals surface area contributed by atoms with Gasteiger partial charge in [-0.05, 0) is 54.5 Å². The maximum Gasteiger partial charge on any atom is 0.329 e. The summed E-state index contributed by atoms with van der Waals surface area (Å²) in [6.45, 7) is 2.90. The SMILES string of the molecule is CC(C)C(NC(=O)c1ccc([N+](=O)[O-])cc1Cl)C(=O)OCC(=O)Nc1ccc2c(c1)CCC2. The molecule has 9 nitrogen and oxygen atoms in total. The zero-order valence-electron chi connectivity index (χ0n) is 18.2. The molecule has 0 aromatic heterocycles. The molecule has 2 aromatic rings. The molecule has 0 aliphatic heterocycles. The van der Waals surface area contributed by atoms with Crippen molar-refractivity contribution in [3.63, 3.8) is 0 Å². The van der Waals surface area contributed by atoms with E-state index in [1.165, 1.54) is 17.2 Å². The minimum Gasteiger partial charge on any atom is -0.454 e. The lowest BCUT2D eigenvalue weighted by molar-refractivity contribution is -0.384. The van der Waals surface area contributed by atoms with Crippen molar-refractivity contribution in [2.45, 2.75) is 39.2 Å². The maximum atomic E-state index is 12.6. The summed E-state index contributed by atoms with van der Waals surface area (Å²) in [6, 6.07) is 8.09. The summed E-state index contributed by atoms with van der Waals surface area (Å²) >= 11 is 5.99. The Bertz CT molecular complexity index is 1100. The number of hydrogen-bond donors (Lipinski definition) is 2. The van der Waals surface area contributed by atoms with Crippen molar-refractivity contribution < 1.29 is 24.0 Å². The number of esters is 1. The van der Waals surface area contributed by atoms with Gasteiger partial charge in [-0.1, -0.05) is 31.5 Å². The van der Waals surface area contributed by atoms with Crippen LogP contribution in [-0.2, 0) is 27.2 Å². The van der Waals surface area contributed by atoms with Gasteiger partial charge < -0.3 is 15.4 Å². The zero-order valence-corrected chi connectivity index (χ0v) is 19.0. The Morgan fingerprint density at radius 2 is 1.85 bits per heavy atom. The van der Waals surface area contributed by atoms with Crippen LogP contribution in [0.15, 0.2) is 36.4 Å². The van der Waals surface area contributed by atoms with Gasteiger partial charge in [0, 0.05) is 17.8 Å². The fourth-order valence-corrected chi connectivity index (χ4v) is 3.85. The molecule has 2 N–H and O–H groups in total. The first-order valence-electron chi connectivity index (χ1n) is 10.5. The first kappa shape index (κ1) is 24.2. The van der Waals surface area contributed by atoms with Crippen LogP contribution >= 0.6 is 11.6 Å². The van der Waals surface area contributed by atoms with Gasteiger partial charge in [-0.3, -0.25) is 19.7 Å². The molecule has 1 atom stereocenters. The molecule has 0 saturated heterocycles. The van der Waals surface area contributed by atoms with Gasteiger partial charge >= 0.3 is 5.97 Å². The minimum atomic E-state index is -1.04. The van der Waals surface area contributed by atoms with E-state index in [4.69, 9.17) is 16.3 Å². The van der Waals surface area contributed by atoms with Gasteiger partial charge in [0.2, 0.25) is 0 Å². The van der Waals surface area contributed by atoms with E-state index in [2.05, 4.69) is 10.6 Å². The summed E-state index contributed by atoms with van der Waals surface area (Å²) in [5.41, 5.74) is 2.85. The van der Waals surface area contributed by atoms with Crippen LogP contribution in [0.3, 0.4) is 0 Å².